The highest BCUT2D eigenvalue weighted by molar-refractivity contribution is 7.80. The molecule has 0 aromatic heterocycles. The summed E-state index contributed by atoms with van der Waals surface area (Å²) in [5.41, 5.74) is 1.08. The number of amides is 1. The van der Waals surface area contributed by atoms with Crippen molar-refractivity contribution >= 4 is 34.6 Å². The van der Waals surface area contributed by atoms with Crippen LogP contribution in [0.25, 0.3) is 0 Å². The van der Waals surface area contributed by atoms with E-state index in [1.54, 1.807) is 19.1 Å². The molecule has 0 fully saturated rings. The molecule has 0 radical (unpaired) electrons. The Morgan fingerprint density at radius 1 is 1.22 bits per heavy atom. The highest BCUT2D eigenvalue weighted by Gasteiger charge is 2.13. The van der Waals surface area contributed by atoms with Gasteiger partial charge in [-0.1, -0.05) is 6.07 Å². The van der Waals surface area contributed by atoms with Crippen molar-refractivity contribution in [3.63, 3.8) is 0 Å². The Hall–Kier alpha value is -2.87. The molecule has 0 aliphatic heterocycles. The Morgan fingerprint density at radius 3 is 2.48 bits per heavy atom. The lowest BCUT2D eigenvalue weighted by Gasteiger charge is -2.10. The molecule has 0 heterocycles. The molecule has 23 heavy (non-hydrogen) atoms. The molecular weight excluding hydrogens is 321 g/mol. The minimum absolute atomic E-state index is 0.0162. The van der Waals surface area contributed by atoms with Gasteiger partial charge in [0.05, 0.1) is 4.92 Å². The van der Waals surface area contributed by atoms with E-state index in [9.17, 15) is 19.3 Å². The zero-order valence-electron chi connectivity index (χ0n) is 12.0. The van der Waals surface area contributed by atoms with Crippen molar-refractivity contribution < 1.29 is 14.1 Å². The molecule has 0 aliphatic carbocycles. The second-order valence-electron chi connectivity index (χ2n) is 4.67. The van der Waals surface area contributed by atoms with Crippen molar-refractivity contribution in [1.82, 2.24) is 5.32 Å². The molecule has 0 atom stereocenters. The number of aryl methyl sites for hydroxylation is 1. The van der Waals surface area contributed by atoms with Gasteiger partial charge in [0.15, 0.2) is 5.11 Å². The molecule has 118 valence electrons. The SMILES string of the molecule is Cc1ccc(NC(=S)NC(=O)c2ccc(F)cc2)cc1[N+](=O)[O-]. The van der Waals surface area contributed by atoms with Crippen molar-refractivity contribution in [3.05, 3.63) is 69.5 Å². The molecule has 2 aromatic carbocycles. The third-order valence-corrected chi connectivity index (χ3v) is 3.20. The number of hydrogen-bond donors (Lipinski definition) is 2. The number of nitrogens with zero attached hydrogens (tertiary/aromatic N) is 1. The average Bonchev–Trinajstić information content (AvgIpc) is 2.49. The Kier molecular flexibility index (Phi) is 4.97. The smallest absolute Gasteiger partial charge is 0.274 e. The highest BCUT2D eigenvalue weighted by Crippen LogP contribution is 2.22. The summed E-state index contributed by atoms with van der Waals surface area (Å²) in [5.74, 6) is -0.960. The summed E-state index contributed by atoms with van der Waals surface area (Å²) in [6.07, 6.45) is 0. The van der Waals surface area contributed by atoms with E-state index in [2.05, 4.69) is 10.6 Å². The van der Waals surface area contributed by atoms with Gasteiger partial charge in [-0.05, 0) is 49.5 Å². The second kappa shape index (κ2) is 6.93. The van der Waals surface area contributed by atoms with Crippen LogP contribution in [-0.4, -0.2) is 15.9 Å². The number of carbonyl (C=O) groups is 1. The van der Waals surface area contributed by atoms with E-state index in [0.29, 0.717) is 11.3 Å². The molecule has 8 heteroatoms. The molecule has 0 bridgehead atoms. The van der Waals surface area contributed by atoms with Crippen molar-refractivity contribution in [2.45, 2.75) is 6.92 Å². The average molecular weight is 333 g/mol. The number of rotatable bonds is 3. The third-order valence-electron chi connectivity index (χ3n) is 3.00. The van der Waals surface area contributed by atoms with Crippen LogP contribution in [-0.2, 0) is 0 Å². The minimum atomic E-state index is -0.510. The maximum Gasteiger partial charge on any atom is 0.274 e. The van der Waals surface area contributed by atoms with Gasteiger partial charge < -0.3 is 5.32 Å². The Morgan fingerprint density at radius 2 is 1.87 bits per heavy atom. The number of thiocarbonyl (C=S) groups is 1. The van der Waals surface area contributed by atoms with Crippen LogP contribution < -0.4 is 10.6 Å². The largest absolute Gasteiger partial charge is 0.332 e. The fourth-order valence-electron chi connectivity index (χ4n) is 1.82. The normalized spacial score (nSPS) is 10.0. The standard InChI is InChI=1S/C15H12FN3O3S/c1-9-2-7-12(8-13(9)19(21)22)17-15(23)18-14(20)10-3-5-11(16)6-4-10/h2-8H,1H3,(H2,17,18,20,23). The Balaban J connectivity index is 2.05. The van der Waals surface area contributed by atoms with Gasteiger partial charge in [0, 0.05) is 22.9 Å². The third kappa shape index (κ3) is 4.30. The first kappa shape index (κ1) is 16.5. The van der Waals surface area contributed by atoms with E-state index >= 15 is 0 Å². The zero-order chi connectivity index (χ0) is 17.0. The number of benzene rings is 2. The molecule has 0 saturated carbocycles. The topological polar surface area (TPSA) is 84.3 Å². The number of nitro groups is 1. The van der Waals surface area contributed by atoms with Gasteiger partial charge in [0.1, 0.15) is 5.82 Å². The lowest BCUT2D eigenvalue weighted by molar-refractivity contribution is -0.385. The van der Waals surface area contributed by atoms with Gasteiger partial charge in [-0.25, -0.2) is 4.39 Å². The second-order valence-corrected chi connectivity index (χ2v) is 5.08. The minimum Gasteiger partial charge on any atom is -0.332 e. The summed E-state index contributed by atoms with van der Waals surface area (Å²) in [7, 11) is 0. The van der Waals surface area contributed by atoms with Gasteiger partial charge in [0.2, 0.25) is 0 Å². The summed E-state index contributed by atoms with van der Waals surface area (Å²) < 4.78 is 12.8. The Labute approximate surface area is 136 Å². The summed E-state index contributed by atoms with van der Waals surface area (Å²) in [6.45, 7) is 1.62. The van der Waals surface area contributed by atoms with E-state index in [-0.39, 0.29) is 16.4 Å². The quantitative estimate of drug-likeness (QED) is 0.512. The van der Waals surface area contributed by atoms with Crippen molar-refractivity contribution in [3.8, 4) is 0 Å². The fraction of sp³-hybridized carbons (Fsp3) is 0.0667. The van der Waals surface area contributed by atoms with Crippen molar-refractivity contribution in [2.24, 2.45) is 0 Å². The first-order valence-electron chi connectivity index (χ1n) is 6.50. The molecule has 2 rings (SSSR count). The summed E-state index contributed by atoms with van der Waals surface area (Å²) >= 11 is 4.99. The van der Waals surface area contributed by atoms with Gasteiger partial charge >= 0.3 is 0 Å². The first-order chi connectivity index (χ1) is 10.9. The lowest BCUT2D eigenvalue weighted by Crippen LogP contribution is -2.34. The van der Waals surface area contributed by atoms with Gasteiger partial charge in [-0.2, -0.15) is 0 Å². The number of hydrogen-bond acceptors (Lipinski definition) is 4. The van der Waals surface area contributed by atoms with Crippen LogP contribution in [0.1, 0.15) is 15.9 Å². The van der Waals surface area contributed by atoms with E-state index < -0.39 is 16.6 Å². The molecule has 2 aromatic rings. The van der Waals surface area contributed by atoms with Crippen LogP contribution in [0.5, 0.6) is 0 Å². The predicted molar refractivity (Wildman–Crippen MR) is 87.9 cm³/mol. The summed E-state index contributed by atoms with van der Waals surface area (Å²) in [5, 5.41) is 16.0. The zero-order valence-corrected chi connectivity index (χ0v) is 12.8. The van der Waals surface area contributed by atoms with E-state index in [0.717, 1.165) is 12.1 Å². The number of anilines is 1. The van der Waals surface area contributed by atoms with E-state index in [4.69, 9.17) is 12.2 Å². The van der Waals surface area contributed by atoms with Crippen LogP contribution in [0, 0.1) is 22.9 Å². The van der Waals surface area contributed by atoms with Crippen molar-refractivity contribution in [2.75, 3.05) is 5.32 Å². The molecule has 2 N–H and O–H groups in total. The number of halogens is 1. The fourth-order valence-corrected chi connectivity index (χ4v) is 2.03. The number of nitro benzene ring substituents is 1. The van der Waals surface area contributed by atoms with Crippen molar-refractivity contribution in [1.29, 1.82) is 0 Å². The first-order valence-corrected chi connectivity index (χ1v) is 6.90. The van der Waals surface area contributed by atoms with E-state index in [1.165, 1.54) is 18.2 Å². The number of nitrogens with one attached hydrogen (secondary N) is 2. The predicted octanol–water partition coefficient (Wildman–Crippen LogP) is 3.17. The number of carbonyl (C=O) groups excluding carboxylic acids is 1. The van der Waals surface area contributed by atoms with Crippen LogP contribution in [0.4, 0.5) is 15.8 Å². The van der Waals surface area contributed by atoms with Crippen LogP contribution in [0.3, 0.4) is 0 Å². The monoisotopic (exact) mass is 333 g/mol. The lowest BCUT2D eigenvalue weighted by atomic mass is 10.2. The van der Waals surface area contributed by atoms with Crippen LogP contribution in [0.2, 0.25) is 0 Å². The molecular formula is C15H12FN3O3S. The van der Waals surface area contributed by atoms with Gasteiger partial charge in [-0.3, -0.25) is 20.2 Å². The molecule has 1 amide bonds. The Bertz CT molecular complexity index is 778. The molecule has 0 spiro atoms. The highest BCUT2D eigenvalue weighted by atomic mass is 32.1. The molecule has 6 nitrogen and oxygen atoms in total. The maximum absolute atomic E-state index is 12.8. The summed E-state index contributed by atoms with van der Waals surface area (Å²) in [4.78, 5) is 22.3. The molecule has 0 unspecified atom stereocenters. The van der Waals surface area contributed by atoms with Gasteiger partial charge in [0.25, 0.3) is 11.6 Å². The maximum atomic E-state index is 12.8. The molecule has 0 saturated heterocycles. The molecule has 0 aliphatic rings. The van der Waals surface area contributed by atoms with Crippen LogP contribution in [0.15, 0.2) is 42.5 Å². The summed E-state index contributed by atoms with van der Waals surface area (Å²) in [6, 6.07) is 9.48. The van der Waals surface area contributed by atoms with Gasteiger partial charge in [-0.15, -0.1) is 0 Å². The van der Waals surface area contributed by atoms with E-state index in [1.807, 2.05) is 0 Å². The van der Waals surface area contributed by atoms with Crippen LogP contribution >= 0.6 is 12.2 Å².